The molecule has 1 amide bonds. The monoisotopic (exact) mass is 416 g/mol. The lowest BCUT2D eigenvalue weighted by Gasteiger charge is -2.44. The second-order valence-electron chi connectivity index (χ2n) is 8.78. The van der Waals surface area contributed by atoms with Crippen molar-refractivity contribution < 1.29 is 4.79 Å². The minimum Gasteiger partial charge on any atom is -0.369 e. The first-order valence-corrected chi connectivity index (χ1v) is 11.5. The number of anilines is 1. The van der Waals surface area contributed by atoms with Gasteiger partial charge in [0.15, 0.2) is 0 Å². The number of carbonyl (C=O) groups is 1. The molecule has 5 heteroatoms. The molecule has 0 atom stereocenters. The first kappa shape index (κ1) is 21.2. The van der Waals surface area contributed by atoms with Crippen molar-refractivity contribution in [2.24, 2.45) is 11.7 Å². The summed E-state index contributed by atoms with van der Waals surface area (Å²) in [5.74, 6) is 0.986. The molecule has 0 spiro atoms. The van der Waals surface area contributed by atoms with Crippen LogP contribution in [0.2, 0.25) is 0 Å². The zero-order valence-corrected chi connectivity index (χ0v) is 18.7. The molecule has 4 rings (SSSR count). The Balaban J connectivity index is 1.88. The van der Waals surface area contributed by atoms with E-state index in [2.05, 4.69) is 60.1 Å². The van der Waals surface area contributed by atoms with Crippen molar-refractivity contribution in [3.63, 3.8) is 0 Å². The Hall–Kier alpha value is -3.00. The quantitative estimate of drug-likeness (QED) is 0.740. The Morgan fingerprint density at radius 2 is 1.94 bits per heavy atom. The number of nitrogens with two attached hydrogens (primary N) is 1. The van der Waals surface area contributed by atoms with Crippen molar-refractivity contribution >= 4 is 11.6 Å². The molecule has 1 aromatic rings. The number of unbranched alkanes of at least 4 members (excludes halogenated alkanes) is 1. The van der Waals surface area contributed by atoms with E-state index in [4.69, 9.17) is 5.73 Å². The van der Waals surface area contributed by atoms with E-state index in [1.54, 1.807) is 0 Å². The maximum atomic E-state index is 11.7. The van der Waals surface area contributed by atoms with E-state index in [1.165, 1.54) is 22.5 Å². The first-order chi connectivity index (χ1) is 15.1. The largest absolute Gasteiger partial charge is 0.369 e. The molecular formula is C26H32N4O. The number of benzene rings is 1. The summed E-state index contributed by atoms with van der Waals surface area (Å²) in [4.78, 5) is 16.5. The molecule has 1 saturated heterocycles. The third kappa shape index (κ3) is 3.87. The van der Waals surface area contributed by atoms with Crippen LogP contribution in [-0.2, 0) is 4.79 Å². The van der Waals surface area contributed by atoms with E-state index >= 15 is 0 Å². The van der Waals surface area contributed by atoms with Crippen LogP contribution in [0.5, 0.6) is 0 Å². The van der Waals surface area contributed by atoms with Crippen LogP contribution in [0.15, 0.2) is 58.6 Å². The number of nitrogens with zero attached hydrogens (tertiary/aromatic N) is 3. The summed E-state index contributed by atoms with van der Waals surface area (Å²) in [6.07, 6.45) is 8.82. The van der Waals surface area contributed by atoms with Crippen molar-refractivity contribution in [2.75, 3.05) is 18.0 Å². The molecule has 1 aromatic carbocycles. The van der Waals surface area contributed by atoms with Crippen LogP contribution in [0.4, 0.5) is 5.69 Å². The van der Waals surface area contributed by atoms with Crippen molar-refractivity contribution in [2.45, 2.75) is 58.8 Å². The molecule has 0 unspecified atom stereocenters. The summed E-state index contributed by atoms with van der Waals surface area (Å²) >= 11 is 0. The van der Waals surface area contributed by atoms with Gasteiger partial charge in [0, 0.05) is 19.0 Å². The lowest BCUT2D eigenvalue weighted by atomic mass is 9.91. The molecule has 2 fully saturated rings. The molecule has 0 radical (unpaired) electrons. The van der Waals surface area contributed by atoms with Gasteiger partial charge in [-0.1, -0.05) is 37.6 Å². The number of allylic oxidation sites excluding steroid dienone is 4. The Kier molecular flexibility index (Phi) is 6.18. The number of hydrogen-bond donors (Lipinski definition) is 1. The van der Waals surface area contributed by atoms with E-state index in [0.717, 1.165) is 75.0 Å². The number of carbonyl (C=O) groups excluding carboxylic acids is 1. The number of rotatable bonds is 5. The van der Waals surface area contributed by atoms with Gasteiger partial charge in [-0.3, -0.25) is 9.69 Å². The third-order valence-corrected chi connectivity index (χ3v) is 6.79. The smallest absolute Gasteiger partial charge is 0.220 e. The standard InChI is InChI=1S/C26H32N4O/c1-3-4-11-24-22(17-27)20-9-7-10-21(20)26(29-15-13-19(14-16-29)25(28)31)30(24)23-12-6-5-8-18(23)2/h5-6,8,11-12,19H,3-4,7,9-10,13-16H2,1-2H3,(H2,28,31)/b24-11+. The molecule has 1 saturated carbocycles. The molecule has 5 nitrogen and oxygen atoms in total. The zero-order valence-electron chi connectivity index (χ0n) is 18.7. The van der Waals surface area contributed by atoms with Gasteiger partial charge in [-0.05, 0) is 68.2 Å². The van der Waals surface area contributed by atoms with Gasteiger partial charge in [-0.15, -0.1) is 0 Å². The number of piperidine rings is 1. The van der Waals surface area contributed by atoms with Gasteiger partial charge >= 0.3 is 0 Å². The highest BCUT2D eigenvalue weighted by atomic mass is 16.1. The lowest BCUT2D eigenvalue weighted by Crippen LogP contribution is -2.44. The minimum atomic E-state index is -0.187. The van der Waals surface area contributed by atoms with Crippen molar-refractivity contribution in [1.29, 1.82) is 5.26 Å². The van der Waals surface area contributed by atoms with Crippen LogP contribution in [0, 0.1) is 24.2 Å². The lowest BCUT2D eigenvalue weighted by molar-refractivity contribution is -0.123. The summed E-state index contributed by atoms with van der Waals surface area (Å²) < 4.78 is 0. The fourth-order valence-electron chi connectivity index (χ4n) is 5.15. The fraction of sp³-hybridized carbons (Fsp3) is 0.462. The summed E-state index contributed by atoms with van der Waals surface area (Å²) in [7, 11) is 0. The van der Waals surface area contributed by atoms with Gasteiger partial charge in [0.2, 0.25) is 5.91 Å². The predicted octanol–water partition coefficient (Wildman–Crippen LogP) is 4.91. The molecule has 2 aliphatic heterocycles. The number of amides is 1. The molecule has 0 aromatic heterocycles. The average molecular weight is 417 g/mol. The number of primary amides is 1. The van der Waals surface area contributed by atoms with Crippen molar-refractivity contribution in [1.82, 2.24) is 4.90 Å². The number of aryl methyl sites for hydroxylation is 1. The molecule has 162 valence electrons. The second-order valence-corrected chi connectivity index (χ2v) is 8.78. The maximum absolute atomic E-state index is 11.7. The molecule has 0 bridgehead atoms. The highest BCUT2D eigenvalue weighted by Gasteiger charge is 2.38. The molecular weight excluding hydrogens is 384 g/mol. The third-order valence-electron chi connectivity index (χ3n) is 6.79. The van der Waals surface area contributed by atoms with E-state index in [1.807, 2.05) is 0 Å². The van der Waals surface area contributed by atoms with E-state index in [-0.39, 0.29) is 11.8 Å². The van der Waals surface area contributed by atoms with Crippen LogP contribution >= 0.6 is 0 Å². The van der Waals surface area contributed by atoms with Crippen LogP contribution in [-0.4, -0.2) is 23.9 Å². The number of fused-ring (bicyclic) bond motifs is 1. The molecule has 1 aliphatic carbocycles. The summed E-state index contributed by atoms with van der Waals surface area (Å²) in [5.41, 5.74) is 12.3. The summed E-state index contributed by atoms with van der Waals surface area (Å²) in [6.45, 7) is 5.92. The Morgan fingerprint density at radius 1 is 1.23 bits per heavy atom. The molecule has 2 N–H and O–H groups in total. The van der Waals surface area contributed by atoms with Gasteiger partial charge in [0.05, 0.1) is 17.0 Å². The van der Waals surface area contributed by atoms with Crippen LogP contribution in [0.25, 0.3) is 0 Å². The fourth-order valence-corrected chi connectivity index (χ4v) is 5.15. The highest BCUT2D eigenvalue weighted by Crippen LogP contribution is 2.47. The van der Waals surface area contributed by atoms with Gasteiger partial charge in [0.1, 0.15) is 11.9 Å². The van der Waals surface area contributed by atoms with Crippen LogP contribution < -0.4 is 10.6 Å². The normalized spacial score (nSPS) is 21.0. The Morgan fingerprint density at radius 3 is 2.58 bits per heavy atom. The molecule has 31 heavy (non-hydrogen) atoms. The van der Waals surface area contributed by atoms with Crippen LogP contribution in [0.3, 0.4) is 0 Å². The van der Waals surface area contributed by atoms with Gasteiger partial charge in [0.25, 0.3) is 0 Å². The van der Waals surface area contributed by atoms with Gasteiger partial charge < -0.3 is 10.6 Å². The first-order valence-electron chi connectivity index (χ1n) is 11.5. The maximum Gasteiger partial charge on any atom is 0.220 e. The van der Waals surface area contributed by atoms with E-state index < -0.39 is 0 Å². The highest BCUT2D eigenvalue weighted by molar-refractivity contribution is 5.77. The van der Waals surface area contributed by atoms with Gasteiger partial charge in [-0.2, -0.15) is 5.26 Å². The van der Waals surface area contributed by atoms with Crippen molar-refractivity contribution in [3.8, 4) is 6.07 Å². The zero-order chi connectivity index (χ0) is 22.0. The molecule has 3 aliphatic rings. The predicted molar refractivity (Wildman–Crippen MR) is 124 cm³/mol. The van der Waals surface area contributed by atoms with E-state index in [0.29, 0.717) is 0 Å². The minimum absolute atomic E-state index is 0.0410. The van der Waals surface area contributed by atoms with Gasteiger partial charge in [-0.25, -0.2) is 0 Å². The van der Waals surface area contributed by atoms with Crippen LogP contribution in [0.1, 0.15) is 57.4 Å². The number of nitriles is 1. The average Bonchev–Trinajstić information content (AvgIpc) is 3.26. The topological polar surface area (TPSA) is 73.4 Å². The number of hydrogen-bond acceptors (Lipinski definition) is 4. The van der Waals surface area contributed by atoms with E-state index in [9.17, 15) is 10.1 Å². The number of likely N-dealkylation sites (tertiary alicyclic amines) is 1. The summed E-state index contributed by atoms with van der Waals surface area (Å²) in [6, 6.07) is 11.0. The second kappa shape index (κ2) is 9.01. The Labute approximate surface area is 185 Å². The SMILES string of the molecule is CCC/C=C1\C(C#N)=C2CCCC2=C(N2CCC(C(N)=O)CC2)N1c1ccccc1C. The van der Waals surface area contributed by atoms with Crippen molar-refractivity contribution in [3.05, 3.63) is 64.1 Å². The number of para-hydroxylation sites is 1. The summed E-state index contributed by atoms with van der Waals surface area (Å²) in [5, 5.41) is 10.2. The Bertz CT molecular complexity index is 1000. The molecule has 2 heterocycles.